The summed E-state index contributed by atoms with van der Waals surface area (Å²) in [5.74, 6) is -0.523. The number of hydrogen-bond donors (Lipinski definition) is 3. The largest absolute Gasteiger partial charge is 0.366 e. The molecule has 1 aromatic carbocycles. The Labute approximate surface area is 118 Å². The molecule has 5 heteroatoms. The van der Waals surface area contributed by atoms with Gasteiger partial charge in [0.05, 0.1) is 5.54 Å². The van der Waals surface area contributed by atoms with Crippen molar-refractivity contribution in [2.75, 3.05) is 11.9 Å². The van der Waals surface area contributed by atoms with Gasteiger partial charge in [-0.3, -0.25) is 9.59 Å². The van der Waals surface area contributed by atoms with Crippen LogP contribution in [0.1, 0.15) is 42.1 Å². The van der Waals surface area contributed by atoms with Gasteiger partial charge in [0.25, 0.3) is 0 Å². The topological polar surface area (TPSA) is 84.2 Å². The Morgan fingerprint density at radius 2 is 2.20 bits per heavy atom. The second kappa shape index (κ2) is 5.63. The van der Waals surface area contributed by atoms with Gasteiger partial charge in [0.1, 0.15) is 0 Å². The maximum Gasteiger partial charge on any atom is 0.249 e. The van der Waals surface area contributed by atoms with E-state index in [0.717, 1.165) is 25.8 Å². The van der Waals surface area contributed by atoms with Crippen LogP contribution in [0.3, 0.4) is 0 Å². The van der Waals surface area contributed by atoms with Gasteiger partial charge >= 0.3 is 0 Å². The number of benzene rings is 1. The maximum atomic E-state index is 12.5. The van der Waals surface area contributed by atoms with E-state index in [1.807, 2.05) is 6.92 Å². The highest BCUT2D eigenvalue weighted by Gasteiger charge is 2.39. The van der Waals surface area contributed by atoms with Crippen molar-refractivity contribution in [2.45, 2.75) is 38.6 Å². The fraction of sp³-hybridized carbons (Fsp3) is 0.467. The highest BCUT2D eigenvalue weighted by molar-refractivity contribution is 6.01. The van der Waals surface area contributed by atoms with Crippen LogP contribution in [0.25, 0.3) is 0 Å². The maximum absolute atomic E-state index is 12.5. The zero-order valence-corrected chi connectivity index (χ0v) is 12.0. The van der Waals surface area contributed by atoms with Gasteiger partial charge in [-0.2, -0.15) is 0 Å². The molecule has 1 saturated heterocycles. The van der Waals surface area contributed by atoms with E-state index in [1.54, 1.807) is 25.1 Å². The SMILES string of the molecule is CCC1(C(=O)Nc2cccc(C(N)=O)c2C)CCCN1. The minimum atomic E-state index is -0.491. The number of nitrogens with two attached hydrogens (primary N) is 1. The lowest BCUT2D eigenvalue weighted by Gasteiger charge is -2.27. The van der Waals surface area contributed by atoms with E-state index >= 15 is 0 Å². The number of anilines is 1. The Morgan fingerprint density at radius 1 is 1.45 bits per heavy atom. The molecule has 1 fully saturated rings. The summed E-state index contributed by atoms with van der Waals surface area (Å²) in [5, 5.41) is 6.22. The standard InChI is InChI=1S/C15H21N3O2/c1-3-15(8-5-9-17-15)14(20)18-12-7-4-6-11(10(12)2)13(16)19/h4,6-7,17H,3,5,8-9H2,1-2H3,(H2,16,19)(H,18,20). The van der Waals surface area contributed by atoms with Gasteiger partial charge in [-0.05, 0) is 50.4 Å². The van der Waals surface area contributed by atoms with E-state index < -0.39 is 11.4 Å². The number of hydrogen-bond acceptors (Lipinski definition) is 3. The van der Waals surface area contributed by atoms with E-state index in [1.165, 1.54) is 0 Å². The Balaban J connectivity index is 2.24. The number of nitrogens with one attached hydrogen (secondary N) is 2. The van der Waals surface area contributed by atoms with Crippen molar-refractivity contribution in [3.8, 4) is 0 Å². The summed E-state index contributed by atoms with van der Waals surface area (Å²) in [5.41, 5.74) is 6.62. The van der Waals surface area contributed by atoms with Gasteiger partial charge in [0, 0.05) is 11.3 Å². The number of rotatable bonds is 4. The quantitative estimate of drug-likeness (QED) is 0.779. The Kier molecular flexibility index (Phi) is 4.09. The van der Waals surface area contributed by atoms with Crippen molar-refractivity contribution in [1.82, 2.24) is 5.32 Å². The van der Waals surface area contributed by atoms with Crippen LogP contribution in [-0.2, 0) is 4.79 Å². The third-order valence-electron chi connectivity index (χ3n) is 4.13. The molecule has 0 saturated carbocycles. The third-order valence-corrected chi connectivity index (χ3v) is 4.13. The Morgan fingerprint density at radius 3 is 2.75 bits per heavy atom. The lowest BCUT2D eigenvalue weighted by molar-refractivity contribution is -0.122. The summed E-state index contributed by atoms with van der Waals surface area (Å²) >= 11 is 0. The van der Waals surface area contributed by atoms with Crippen LogP contribution in [0.15, 0.2) is 18.2 Å². The molecule has 20 heavy (non-hydrogen) atoms. The Bertz CT molecular complexity index is 534. The molecular formula is C15H21N3O2. The fourth-order valence-corrected chi connectivity index (χ4v) is 2.74. The van der Waals surface area contributed by atoms with Crippen LogP contribution < -0.4 is 16.4 Å². The van der Waals surface area contributed by atoms with E-state index in [0.29, 0.717) is 16.8 Å². The summed E-state index contributed by atoms with van der Waals surface area (Å²) in [4.78, 5) is 23.8. The molecule has 2 rings (SSSR count). The second-order valence-electron chi connectivity index (χ2n) is 5.26. The average Bonchev–Trinajstić information content (AvgIpc) is 2.90. The molecule has 4 N–H and O–H groups in total. The second-order valence-corrected chi connectivity index (χ2v) is 5.26. The minimum Gasteiger partial charge on any atom is -0.366 e. The van der Waals surface area contributed by atoms with Crippen molar-refractivity contribution in [3.63, 3.8) is 0 Å². The van der Waals surface area contributed by atoms with Crippen molar-refractivity contribution in [1.29, 1.82) is 0 Å². The first-order chi connectivity index (χ1) is 9.50. The zero-order valence-electron chi connectivity index (χ0n) is 12.0. The van der Waals surface area contributed by atoms with Crippen LogP contribution in [0.4, 0.5) is 5.69 Å². The first kappa shape index (κ1) is 14.5. The van der Waals surface area contributed by atoms with Crippen molar-refractivity contribution >= 4 is 17.5 Å². The van der Waals surface area contributed by atoms with E-state index in [4.69, 9.17) is 5.73 Å². The van der Waals surface area contributed by atoms with Gasteiger partial charge in [-0.25, -0.2) is 0 Å². The van der Waals surface area contributed by atoms with Crippen molar-refractivity contribution in [3.05, 3.63) is 29.3 Å². The van der Waals surface area contributed by atoms with E-state index in [2.05, 4.69) is 10.6 Å². The van der Waals surface area contributed by atoms with Crippen LogP contribution in [0.5, 0.6) is 0 Å². The normalized spacial score (nSPS) is 21.7. The molecule has 1 atom stereocenters. The molecule has 0 aromatic heterocycles. The molecule has 0 bridgehead atoms. The molecule has 1 heterocycles. The summed E-state index contributed by atoms with van der Waals surface area (Å²) < 4.78 is 0. The molecule has 5 nitrogen and oxygen atoms in total. The van der Waals surface area contributed by atoms with Crippen LogP contribution in [-0.4, -0.2) is 23.9 Å². The van der Waals surface area contributed by atoms with Crippen molar-refractivity contribution < 1.29 is 9.59 Å². The van der Waals surface area contributed by atoms with Gasteiger partial charge in [0.15, 0.2) is 0 Å². The predicted molar refractivity (Wildman–Crippen MR) is 78.6 cm³/mol. The third kappa shape index (κ3) is 2.54. The number of carbonyl (C=O) groups is 2. The molecule has 108 valence electrons. The zero-order chi connectivity index (χ0) is 14.8. The molecule has 0 radical (unpaired) electrons. The molecule has 1 unspecified atom stereocenters. The van der Waals surface area contributed by atoms with Crippen LogP contribution in [0.2, 0.25) is 0 Å². The number of amides is 2. The Hall–Kier alpha value is -1.88. The summed E-state index contributed by atoms with van der Waals surface area (Å²) in [6, 6.07) is 5.18. The first-order valence-electron chi connectivity index (χ1n) is 6.96. The van der Waals surface area contributed by atoms with Gasteiger partial charge in [-0.1, -0.05) is 13.0 Å². The molecule has 1 aliphatic rings. The van der Waals surface area contributed by atoms with Gasteiger partial charge < -0.3 is 16.4 Å². The monoisotopic (exact) mass is 275 g/mol. The molecular weight excluding hydrogens is 254 g/mol. The first-order valence-corrected chi connectivity index (χ1v) is 6.96. The highest BCUT2D eigenvalue weighted by Crippen LogP contribution is 2.26. The summed E-state index contributed by atoms with van der Waals surface area (Å²) in [6.45, 7) is 4.66. The van der Waals surface area contributed by atoms with E-state index in [-0.39, 0.29) is 5.91 Å². The minimum absolute atomic E-state index is 0.0396. The smallest absolute Gasteiger partial charge is 0.249 e. The van der Waals surface area contributed by atoms with Crippen LogP contribution >= 0.6 is 0 Å². The fourth-order valence-electron chi connectivity index (χ4n) is 2.74. The lowest BCUT2D eigenvalue weighted by atomic mass is 9.92. The number of carbonyl (C=O) groups excluding carboxylic acids is 2. The van der Waals surface area contributed by atoms with Gasteiger partial charge in [0.2, 0.25) is 11.8 Å². The average molecular weight is 275 g/mol. The number of primary amides is 1. The molecule has 2 amide bonds. The van der Waals surface area contributed by atoms with Crippen LogP contribution in [0, 0.1) is 6.92 Å². The summed E-state index contributed by atoms with van der Waals surface area (Å²) in [7, 11) is 0. The molecule has 1 aromatic rings. The molecule has 0 spiro atoms. The summed E-state index contributed by atoms with van der Waals surface area (Å²) in [6.07, 6.45) is 2.58. The molecule has 1 aliphatic heterocycles. The van der Waals surface area contributed by atoms with Gasteiger partial charge in [-0.15, -0.1) is 0 Å². The van der Waals surface area contributed by atoms with E-state index in [9.17, 15) is 9.59 Å². The lowest BCUT2D eigenvalue weighted by Crippen LogP contribution is -2.50. The predicted octanol–water partition coefficient (Wildman–Crippen LogP) is 1.56. The highest BCUT2D eigenvalue weighted by atomic mass is 16.2. The molecule has 0 aliphatic carbocycles. The van der Waals surface area contributed by atoms with Crippen molar-refractivity contribution in [2.24, 2.45) is 5.73 Å².